The first kappa shape index (κ1) is 76.3. The molecule has 0 N–H and O–H groups in total. The van der Waals surface area contributed by atoms with Gasteiger partial charge in [0, 0.05) is 58.9 Å². The Bertz CT molecular complexity index is 1060. The van der Waals surface area contributed by atoms with E-state index in [1.807, 2.05) is 0 Å². The van der Waals surface area contributed by atoms with Crippen LogP contribution in [0.25, 0.3) is 0 Å². The van der Waals surface area contributed by atoms with Gasteiger partial charge in [-0.25, -0.2) is 0 Å². The van der Waals surface area contributed by atoms with E-state index in [0.29, 0.717) is 12.5 Å². The Labute approximate surface area is 487 Å². The molecular weight excluding hydrogens is 939 g/mol. The Hall–Kier alpha value is -0.690. The summed E-state index contributed by atoms with van der Waals surface area (Å²) in [5.41, 5.74) is 0. The third kappa shape index (κ3) is 53.1. The molecule has 0 saturated carbocycles. The Balaban J connectivity index is 0.0000578. The molecule has 0 aromatic heterocycles. The molecule has 0 atom stereocenters. The van der Waals surface area contributed by atoms with Gasteiger partial charge in [-0.15, -0.1) is 0 Å². The summed E-state index contributed by atoms with van der Waals surface area (Å²) in [5, 5.41) is 0. The van der Waals surface area contributed by atoms with E-state index >= 15 is 0 Å². The molecule has 1 aliphatic rings. The first-order valence-corrected chi connectivity index (χ1v) is 35.7. The fourth-order valence-corrected chi connectivity index (χ4v) is 12.1. The quantitative estimate of drug-likeness (QED) is 0.0567. The second-order valence-corrected chi connectivity index (χ2v) is 25.1. The van der Waals surface area contributed by atoms with Crippen molar-refractivity contribution in [3.05, 3.63) is 0 Å². The van der Waals surface area contributed by atoms with Crippen LogP contribution in [0.5, 0.6) is 0 Å². The second-order valence-electron chi connectivity index (χ2n) is 25.1. The van der Waals surface area contributed by atoms with E-state index in [2.05, 4.69) is 59.1 Å². The Morgan fingerprint density at radius 2 is 0.468 bits per heavy atom. The number of hydrogen-bond acceptors (Lipinski definition) is 5. The molecule has 6 heteroatoms. The SMILES string of the molecule is C.CCCCCCCCCCCCN(CCCCCCCCCCCC)CCN1CCN(CCN(CCCCCCCCCCCC)C(=O)CN(CCCCCCCCCCCC)CCCCCCCCCCCC)CC1. The van der Waals surface area contributed by atoms with E-state index in [0.717, 1.165) is 45.8 Å². The molecule has 1 heterocycles. The van der Waals surface area contributed by atoms with Crippen LogP contribution in [0.15, 0.2) is 0 Å². The molecule has 1 saturated heterocycles. The maximum absolute atomic E-state index is 14.5. The first-order valence-electron chi connectivity index (χ1n) is 35.7. The van der Waals surface area contributed by atoms with Gasteiger partial charge < -0.3 is 9.80 Å². The smallest absolute Gasteiger partial charge is 0.236 e. The van der Waals surface area contributed by atoms with E-state index in [1.54, 1.807) is 0 Å². The predicted octanol–water partition coefficient (Wildman–Crippen LogP) is 21.3. The lowest BCUT2D eigenvalue weighted by Gasteiger charge is -2.37. The van der Waals surface area contributed by atoms with Gasteiger partial charge in [0.15, 0.2) is 0 Å². The fraction of sp³-hybridized carbons (Fsp3) is 0.986. The monoisotopic (exact) mass is 1090 g/mol. The number of piperazine rings is 1. The van der Waals surface area contributed by atoms with Gasteiger partial charge in [-0.2, -0.15) is 0 Å². The van der Waals surface area contributed by atoms with Crippen LogP contribution < -0.4 is 0 Å². The van der Waals surface area contributed by atoms with Crippen molar-refractivity contribution in [1.29, 1.82) is 0 Å². The minimum Gasteiger partial charge on any atom is -0.340 e. The van der Waals surface area contributed by atoms with E-state index < -0.39 is 0 Å². The highest BCUT2D eigenvalue weighted by atomic mass is 16.2. The van der Waals surface area contributed by atoms with Gasteiger partial charge in [-0.05, 0) is 58.3 Å². The van der Waals surface area contributed by atoms with Crippen LogP contribution in [0.1, 0.15) is 363 Å². The van der Waals surface area contributed by atoms with Crippen LogP contribution in [0.2, 0.25) is 0 Å². The average molecular weight is 1090 g/mol. The van der Waals surface area contributed by atoms with E-state index in [-0.39, 0.29) is 7.43 Å². The fourth-order valence-electron chi connectivity index (χ4n) is 12.1. The van der Waals surface area contributed by atoms with E-state index in [9.17, 15) is 4.79 Å². The Kier molecular flexibility index (Phi) is 62.3. The number of hydrogen-bond donors (Lipinski definition) is 0. The molecule has 1 rings (SSSR count). The minimum atomic E-state index is 0. The number of unbranched alkanes of at least 4 members (excludes halogenated alkanes) is 45. The number of carbonyl (C=O) groups is 1. The average Bonchev–Trinajstić information content (AvgIpc) is 3.43. The molecule has 0 aromatic carbocycles. The molecule has 0 spiro atoms. The summed E-state index contributed by atoms with van der Waals surface area (Å²) in [6.45, 7) is 27.1. The topological polar surface area (TPSA) is 33.3 Å². The zero-order valence-corrected chi connectivity index (χ0v) is 53.4. The van der Waals surface area contributed by atoms with Crippen molar-refractivity contribution in [3.63, 3.8) is 0 Å². The number of carbonyl (C=O) groups excluding carboxylic acids is 1. The van der Waals surface area contributed by atoms with Gasteiger partial charge in [-0.1, -0.05) is 331 Å². The lowest BCUT2D eigenvalue weighted by molar-refractivity contribution is -0.132. The molecule has 1 fully saturated rings. The molecule has 0 aromatic rings. The molecule has 1 aliphatic heterocycles. The summed E-state index contributed by atoms with van der Waals surface area (Å²) in [7, 11) is 0. The maximum atomic E-state index is 14.5. The molecule has 6 nitrogen and oxygen atoms in total. The molecule has 77 heavy (non-hydrogen) atoms. The van der Waals surface area contributed by atoms with Crippen LogP contribution in [-0.4, -0.2) is 122 Å². The van der Waals surface area contributed by atoms with Gasteiger partial charge in [0.05, 0.1) is 6.54 Å². The normalized spacial score (nSPS) is 13.4. The van der Waals surface area contributed by atoms with Crippen molar-refractivity contribution in [2.24, 2.45) is 0 Å². The standard InChI is InChI=1S/C70H143N5O.CH4/c1-6-11-16-21-26-31-36-41-46-51-56-71(57-52-47-42-37-32-27-22-17-12-7-2)61-62-72-63-65-73(66-64-72)67-68-75(60-55-50-45-40-35-30-25-20-15-10-5)70(76)69-74(58-53-48-43-38-33-28-23-18-13-8-3)59-54-49-44-39-34-29-24-19-14-9-4;/h6-69H2,1-5H3;1H4. The highest BCUT2D eigenvalue weighted by Gasteiger charge is 2.22. The lowest BCUT2D eigenvalue weighted by Crippen LogP contribution is -2.51. The van der Waals surface area contributed by atoms with Crippen molar-refractivity contribution >= 4 is 5.91 Å². The Morgan fingerprint density at radius 1 is 0.260 bits per heavy atom. The van der Waals surface area contributed by atoms with E-state index in [4.69, 9.17) is 0 Å². The van der Waals surface area contributed by atoms with Crippen LogP contribution in [0, 0.1) is 0 Å². The van der Waals surface area contributed by atoms with Crippen molar-refractivity contribution < 1.29 is 4.79 Å². The summed E-state index contributed by atoms with van der Waals surface area (Å²) < 4.78 is 0. The van der Waals surface area contributed by atoms with Crippen molar-refractivity contribution in [2.75, 3.05) is 91.6 Å². The number of rotatable bonds is 63. The summed E-state index contributed by atoms with van der Waals surface area (Å²) in [6, 6.07) is 0. The summed E-state index contributed by atoms with van der Waals surface area (Å²) in [6.07, 6.45) is 69.4. The lowest BCUT2D eigenvalue weighted by atomic mass is 10.1. The molecular formula is C71H147N5O. The Morgan fingerprint density at radius 3 is 0.727 bits per heavy atom. The molecule has 0 aliphatic carbocycles. The van der Waals surface area contributed by atoms with Gasteiger partial charge >= 0.3 is 0 Å². The number of amides is 1. The zero-order valence-electron chi connectivity index (χ0n) is 53.4. The summed E-state index contributed by atoms with van der Waals surface area (Å²) in [4.78, 5) is 27.8. The third-order valence-electron chi connectivity index (χ3n) is 17.7. The summed E-state index contributed by atoms with van der Waals surface area (Å²) >= 11 is 0. The third-order valence-corrected chi connectivity index (χ3v) is 17.7. The highest BCUT2D eigenvalue weighted by Crippen LogP contribution is 2.17. The van der Waals surface area contributed by atoms with E-state index in [1.165, 1.54) is 360 Å². The minimum absolute atomic E-state index is 0. The molecule has 0 radical (unpaired) electrons. The van der Waals surface area contributed by atoms with Crippen molar-refractivity contribution in [3.8, 4) is 0 Å². The van der Waals surface area contributed by atoms with Gasteiger partial charge in [0.2, 0.25) is 5.91 Å². The molecule has 0 bridgehead atoms. The van der Waals surface area contributed by atoms with Crippen LogP contribution >= 0.6 is 0 Å². The van der Waals surface area contributed by atoms with Crippen molar-refractivity contribution in [2.45, 2.75) is 363 Å². The van der Waals surface area contributed by atoms with Gasteiger partial charge in [0.1, 0.15) is 0 Å². The first-order chi connectivity index (χ1) is 37.6. The molecule has 462 valence electrons. The summed E-state index contributed by atoms with van der Waals surface area (Å²) in [5.74, 6) is 0.415. The predicted molar refractivity (Wildman–Crippen MR) is 348 cm³/mol. The number of nitrogens with zero attached hydrogens (tertiary/aromatic N) is 5. The second kappa shape index (κ2) is 62.9. The van der Waals surface area contributed by atoms with Gasteiger partial charge in [0.25, 0.3) is 0 Å². The molecule has 1 amide bonds. The van der Waals surface area contributed by atoms with Crippen LogP contribution in [0.3, 0.4) is 0 Å². The zero-order chi connectivity index (χ0) is 54.7. The van der Waals surface area contributed by atoms with Crippen LogP contribution in [-0.2, 0) is 4.79 Å². The maximum Gasteiger partial charge on any atom is 0.236 e. The largest absolute Gasteiger partial charge is 0.340 e. The van der Waals surface area contributed by atoms with Gasteiger partial charge in [-0.3, -0.25) is 19.5 Å². The highest BCUT2D eigenvalue weighted by molar-refractivity contribution is 5.78. The van der Waals surface area contributed by atoms with Crippen LogP contribution in [0.4, 0.5) is 0 Å². The molecule has 0 unspecified atom stereocenters. The van der Waals surface area contributed by atoms with Crippen molar-refractivity contribution in [1.82, 2.24) is 24.5 Å².